The normalized spacial score (nSPS) is 18.2. The number of alkyl halides is 2. The van der Waals surface area contributed by atoms with Crippen molar-refractivity contribution in [3.63, 3.8) is 0 Å². The molecule has 16 heavy (non-hydrogen) atoms. The summed E-state index contributed by atoms with van der Waals surface area (Å²) < 4.78 is -0.851. The Morgan fingerprint density at radius 2 is 1.75 bits per heavy atom. The Morgan fingerprint density at radius 1 is 1.12 bits per heavy atom. The molecule has 0 saturated heterocycles. The highest BCUT2D eigenvalue weighted by Gasteiger charge is 2.37. The molecule has 1 aromatic carbocycles. The van der Waals surface area contributed by atoms with Crippen molar-refractivity contribution >= 4 is 29.3 Å². The lowest BCUT2D eigenvalue weighted by atomic mass is 9.83. The highest BCUT2D eigenvalue weighted by Crippen LogP contribution is 2.50. The summed E-state index contributed by atoms with van der Waals surface area (Å²) in [5, 5.41) is 0. The van der Waals surface area contributed by atoms with Gasteiger partial charge in [-0.05, 0) is 34.6 Å². The summed E-state index contributed by atoms with van der Waals surface area (Å²) in [6.07, 6.45) is 2.11. The first-order chi connectivity index (χ1) is 7.24. The molecule has 2 heteroatoms. The predicted octanol–water partition coefficient (Wildman–Crippen LogP) is 5.03. The van der Waals surface area contributed by atoms with E-state index in [0.717, 1.165) is 11.1 Å². The molecule has 0 nitrogen and oxygen atoms in total. The van der Waals surface area contributed by atoms with Crippen LogP contribution in [-0.4, -0.2) is 0 Å². The van der Waals surface area contributed by atoms with Crippen LogP contribution in [0.2, 0.25) is 0 Å². The Hall–Kier alpha value is -0.460. The SMILES string of the molecule is CC1=Cc2c(C(C)(C)C)cccc2C1(Cl)Cl. The highest BCUT2D eigenvalue weighted by molar-refractivity contribution is 6.51. The van der Waals surface area contributed by atoms with Gasteiger partial charge in [0.15, 0.2) is 4.33 Å². The van der Waals surface area contributed by atoms with Gasteiger partial charge in [-0.15, -0.1) is 0 Å². The molecule has 0 amide bonds. The van der Waals surface area contributed by atoms with Crippen LogP contribution in [0.3, 0.4) is 0 Å². The third-order valence-corrected chi connectivity index (χ3v) is 4.11. The van der Waals surface area contributed by atoms with Crippen LogP contribution in [0.15, 0.2) is 23.8 Å². The van der Waals surface area contributed by atoms with Crippen molar-refractivity contribution < 1.29 is 0 Å². The van der Waals surface area contributed by atoms with Crippen molar-refractivity contribution in [3.8, 4) is 0 Å². The van der Waals surface area contributed by atoms with E-state index >= 15 is 0 Å². The molecule has 0 saturated carbocycles. The highest BCUT2D eigenvalue weighted by atomic mass is 35.5. The van der Waals surface area contributed by atoms with E-state index in [9.17, 15) is 0 Å². The Balaban J connectivity index is 2.70. The minimum absolute atomic E-state index is 0.107. The molecule has 0 fully saturated rings. The summed E-state index contributed by atoms with van der Waals surface area (Å²) in [5.41, 5.74) is 4.62. The third-order valence-electron chi connectivity index (χ3n) is 3.11. The van der Waals surface area contributed by atoms with Crippen molar-refractivity contribution in [2.24, 2.45) is 0 Å². The van der Waals surface area contributed by atoms with Gasteiger partial charge in [0, 0.05) is 0 Å². The second kappa shape index (κ2) is 3.51. The number of hydrogen-bond donors (Lipinski definition) is 0. The van der Waals surface area contributed by atoms with Crippen LogP contribution in [0.1, 0.15) is 44.4 Å². The summed E-state index contributed by atoms with van der Waals surface area (Å²) >= 11 is 12.7. The molecule has 0 N–H and O–H groups in total. The first-order valence-electron chi connectivity index (χ1n) is 5.45. The molecule has 0 bridgehead atoms. The Kier molecular flexibility index (Phi) is 2.64. The molecule has 86 valence electrons. The topological polar surface area (TPSA) is 0 Å². The standard InChI is InChI=1S/C14H16Cl2/c1-9-8-10-11(13(2,3)4)6-5-7-12(10)14(9,15)16/h5-8H,1-4H3. The average Bonchev–Trinajstić information content (AvgIpc) is 2.37. The van der Waals surface area contributed by atoms with Gasteiger partial charge in [0.05, 0.1) is 0 Å². The molecule has 0 unspecified atom stereocenters. The second-order valence-corrected chi connectivity index (χ2v) is 6.75. The molecule has 0 aliphatic heterocycles. The molecule has 0 atom stereocenters. The van der Waals surface area contributed by atoms with Crippen molar-refractivity contribution in [1.29, 1.82) is 0 Å². The lowest BCUT2D eigenvalue weighted by molar-refractivity contribution is 0.588. The molecule has 1 aliphatic carbocycles. The van der Waals surface area contributed by atoms with Crippen LogP contribution in [0.25, 0.3) is 6.08 Å². The molecule has 0 aromatic heterocycles. The summed E-state index contributed by atoms with van der Waals surface area (Å²) in [4.78, 5) is 0. The largest absolute Gasteiger partial charge is 0.164 e. The number of halogens is 2. The molecule has 1 aliphatic rings. The van der Waals surface area contributed by atoms with Crippen LogP contribution in [0.5, 0.6) is 0 Å². The average molecular weight is 255 g/mol. The number of rotatable bonds is 0. The van der Waals surface area contributed by atoms with Gasteiger partial charge in [0.25, 0.3) is 0 Å². The fourth-order valence-corrected chi connectivity index (χ4v) is 2.61. The molecular formula is C14H16Cl2. The van der Waals surface area contributed by atoms with Gasteiger partial charge in [-0.3, -0.25) is 0 Å². The number of allylic oxidation sites excluding steroid dienone is 1. The van der Waals surface area contributed by atoms with E-state index in [1.54, 1.807) is 0 Å². The zero-order valence-electron chi connectivity index (χ0n) is 10.1. The van der Waals surface area contributed by atoms with E-state index in [-0.39, 0.29) is 5.41 Å². The smallest absolute Gasteiger partial charge is 0.0913 e. The van der Waals surface area contributed by atoms with Gasteiger partial charge in [-0.1, -0.05) is 68.2 Å². The fourth-order valence-electron chi connectivity index (χ4n) is 2.17. The monoisotopic (exact) mass is 254 g/mol. The predicted molar refractivity (Wildman–Crippen MR) is 72.2 cm³/mol. The molecule has 0 radical (unpaired) electrons. The molecular weight excluding hydrogens is 239 g/mol. The van der Waals surface area contributed by atoms with Crippen molar-refractivity contribution in [2.45, 2.75) is 37.4 Å². The number of benzene rings is 1. The summed E-state index contributed by atoms with van der Waals surface area (Å²) in [5.74, 6) is 0. The third kappa shape index (κ3) is 1.69. The van der Waals surface area contributed by atoms with Crippen LogP contribution in [-0.2, 0) is 9.75 Å². The van der Waals surface area contributed by atoms with Gasteiger partial charge < -0.3 is 0 Å². The quantitative estimate of drug-likeness (QED) is 0.570. The fraction of sp³-hybridized carbons (Fsp3) is 0.429. The van der Waals surface area contributed by atoms with Crippen LogP contribution < -0.4 is 0 Å². The zero-order chi connectivity index (χ0) is 12.1. The lowest BCUT2D eigenvalue weighted by Gasteiger charge is -2.24. The maximum atomic E-state index is 6.37. The van der Waals surface area contributed by atoms with E-state index in [2.05, 4.69) is 32.9 Å². The minimum Gasteiger partial charge on any atom is -0.0913 e. The second-order valence-electron chi connectivity index (χ2n) is 5.42. The summed E-state index contributed by atoms with van der Waals surface area (Å²) in [7, 11) is 0. The summed E-state index contributed by atoms with van der Waals surface area (Å²) in [6, 6.07) is 6.20. The Morgan fingerprint density at radius 3 is 2.31 bits per heavy atom. The van der Waals surface area contributed by atoms with Gasteiger partial charge in [0.1, 0.15) is 0 Å². The van der Waals surface area contributed by atoms with Gasteiger partial charge in [0.2, 0.25) is 0 Å². The molecule has 2 rings (SSSR count). The summed E-state index contributed by atoms with van der Waals surface area (Å²) in [6.45, 7) is 8.59. The maximum absolute atomic E-state index is 6.37. The Bertz CT molecular complexity index is 462. The number of fused-ring (bicyclic) bond motifs is 1. The van der Waals surface area contributed by atoms with E-state index in [0.29, 0.717) is 0 Å². The molecule has 0 heterocycles. The zero-order valence-corrected chi connectivity index (χ0v) is 11.6. The lowest BCUT2D eigenvalue weighted by Crippen LogP contribution is -2.15. The number of hydrogen-bond acceptors (Lipinski definition) is 0. The minimum atomic E-state index is -0.851. The van der Waals surface area contributed by atoms with Gasteiger partial charge >= 0.3 is 0 Å². The van der Waals surface area contributed by atoms with E-state index < -0.39 is 4.33 Å². The molecule has 1 aromatic rings. The maximum Gasteiger partial charge on any atom is 0.164 e. The Labute approximate surface area is 107 Å². The van der Waals surface area contributed by atoms with E-state index in [1.165, 1.54) is 11.1 Å². The van der Waals surface area contributed by atoms with E-state index in [1.807, 2.05) is 19.1 Å². The first kappa shape index (κ1) is 12.0. The van der Waals surface area contributed by atoms with Gasteiger partial charge in [-0.25, -0.2) is 0 Å². The van der Waals surface area contributed by atoms with E-state index in [4.69, 9.17) is 23.2 Å². The van der Waals surface area contributed by atoms with Crippen molar-refractivity contribution in [3.05, 3.63) is 40.5 Å². The molecule has 0 spiro atoms. The van der Waals surface area contributed by atoms with Crippen LogP contribution in [0.4, 0.5) is 0 Å². The van der Waals surface area contributed by atoms with Crippen LogP contribution in [0, 0.1) is 0 Å². The van der Waals surface area contributed by atoms with Crippen molar-refractivity contribution in [1.82, 2.24) is 0 Å². The van der Waals surface area contributed by atoms with Crippen LogP contribution >= 0.6 is 23.2 Å². The van der Waals surface area contributed by atoms with Gasteiger partial charge in [-0.2, -0.15) is 0 Å². The van der Waals surface area contributed by atoms with Crippen molar-refractivity contribution in [2.75, 3.05) is 0 Å². The first-order valence-corrected chi connectivity index (χ1v) is 6.21.